The Morgan fingerprint density at radius 1 is 1.38 bits per heavy atom. The average Bonchev–Trinajstić information content (AvgIpc) is 2.43. The number of carbonyl (C=O) groups excluding carboxylic acids is 1. The van der Waals surface area contributed by atoms with Gasteiger partial charge in [-0.2, -0.15) is 0 Å². The van der Waals surface area contributed by atoms with Crippen LogP contribution in [0.4, 0.5) is 0 Å². The maximum Gasteiger partial charge on any atom is 0.260 e. The number of aliphatic hydroxyl groups is 1. The minimum absolute atomic E-state index is 0.00874. The molecule has 1 aromatic rings. The molecule has 1 fully saturated rings. The van der Waals surface area contributed by atoms with Crippen molar-refractivity contribution < 1.29 is 19.4 Å². The van der Waals surface area contributed by atoms with Gasteiger partial charge >= 0.3 is 0 Å². The third kappa shape index (κ3) is 4.11. The SMILES string of the molecule is COc1cc(C)ccc1OCC(=O)N(C)CC1CC(O)C1. The van der Waals surface area contributed by atoms with E-state index in [1.54, 1.807) is 19.1 Å². The molecule has 0 saturated heterocycles. The van der Waals surface area contributed by atoms with Crippen molar-refractivity contribution in [3.63, 3.8) is 0 Å². The van der Waals surface area contributed by atoms with Crippen LogP contribution in [-0.4, -0.2) is 49.3 Å². The summed E-state index contributed by atoms with van der Waals surface area (Å²) in [4.78, 5) is 13.7. The highest BCUT2D eigenvalue weighted by Crippen LogP contribution is 2.29. The van der Waals surface area contributed by atoms with E-state index in [1.807, 2.05) is 25.1 Å². The van der Waals surface area contributed by atoms with Crippen molar-refractivity contribution in [3.8, 4) is 11.5 Å². The van der Waals surface area contributed by atoms with Gasteiger partial charge in [0.1, 0.15) is 0 Å². The predicted molar refractivity (Wildman–Crippen MR) is 79.6 cm³/mol. The predicted octanol–water partition coefficient (Wildman–Crippen LogP) is 1.61. The van der Waals surface area contributed by atoms with Gasteiger partial charge < -0.3 is 19.5 Å². The Balaban J connectivity index is 1.83. The molecule has 1 aliphatic rings. The van der Waals surface area contributed by atoms with Gasteiger partial charge in [0.15, 0.2) is 18.1 Å². The molecule has 0 heterocycles. The highest BCUT2D eigenvalue weighted by molar-refractivity contribution is 5.77. The maximum absolute atomic E-state index is 12.0. The molecule has 1 N–H and O–H groups in total. The third-order valence-electron chi connectivity index (χ3n) is 3.84. The normalized spacial score (nSPS) is 20.6. The molecule has 0 bridgehead atoms. The molecule has 5 nitrogen and oxygen atoms in total. The van der Waals surface area contributed by atoms with E-state index in [0.717, 1.165) is 18.4 Å². The lowest BCUT2D eigenvalue weighted by Gasteiger charge is -2.34. The van der Waals surface area contributed by atoms with Gasteiger partial charge in [-0.1, -0.05) is 6.07 Å². The molecule has 1 amide bonds. The monoisotopic (exact) mass is 293 g/mol. The van der Waals surface area contributed by atoms with Crippen LogP contribution in [0.3, 0.4) is 0 Å². The fourth-order valence-corrected chi connectivity index (χ4v) is 2.48. The van der Waals surface area contributed by atoms with Gasteiger partial charge in [0, 0.05) is 13.6 Å². The molecule has 0 aliphatic heterocycles. The van der Waals surface area contributed by atoms with E-state index >= 15 is 0 Å². The molecule has 116 valence electrons. The molecule has 0 aromatic heterocycles. The standard InChI is InChI=1S/C16H23NO4/c1-11-4-5-14(15(6-11)20-3)21-10-16(19)17(2)9-12-7-13(18)8-12/h4-6,12-13,18H,7-10H2,1-3H3. The van der Waals surface area contributed by atoms with Crippen LogP contribution in [0.25, 0.3) is 0 Å². The van der Waals surface area contributed by atoms with Gasteiger partial charge in [0.2, 0.25) is 0 Å². The number of nitrogens with zero attached hydrogens (tertiary/aromatic N) is 1. The molecule has 21 heavy (non-hydrogen) atoms. The summed E-state index contributed by atoms with van der Waals surface area (Å²) in [6.45, 7) is 2.63. The van der Waals surface area contributed by atoms with Gasteiger partial charge in [-0.3, -0.25) is 4.79 Å². The summed E-state index contributed by atoms with van der Waals surface area (Å²) in [5, 5.41) is 9.26. The maximum atomic E-state index is 12.0. The molecule has 2 rings (SSSR count). The van der Waals surface area contributed by atoms with Gasteiger partial charge in [0.25, 0.3) is 5.91 Å². The van der Waals surface area contributed by atoms with Crippen LogP contribution in [-0.2, 0) is 4.79 Å². The van der Waals surface area contributed by atoms with E-state index in [2.05, 4.69) is 0 Å². The Labute approximate surface area is 125 Å². The van der Waals surface area contributed by atoms with Crippen LogP contribution < -0.4 is 9.47 Å². The zero-order valence-corrected chi connectivity index (χ0v) is 12.8. The Morgan fingerprint density at radius 3 is 2.71 bits per heavy atom. The third-order valence-corrected chi connectivity index (χ3v) is 3.84. The van der Waals surface area contributed by atoms with Crippen LogP contribution in [0, 0.1) is 12.8 Å². The van der Waals surface area contributed by atoms with Gasteiger partial charge in [-0.25, -0.2) is 0 Å². The minimum atomic E-state index is -0.188. The lowest BCUT2D eigenvalue weighted by Crippen LogP contribution is -2.41. The fourth-order valence-electron chi connectivity index (χ4n) is 2.48. The number of methoxy groups -OCH3 is 1. The second-order valence-electron chi connectivity index (χ2n) is 5.71. The molecule has 0 radical (unpaired) electrons. The number of aryl methyl sites for hydroxylation is 1. The Morgan fingerprint density at radius 2 is 2.10 bits per heavy atom. The molecule has 1 aromatic carbocycles. The van der Waals surface area contributed by atoms with Crippen LogP contribution in [0.5, 0.6) is 11.5 Å². The van der Waals surface area contributed by atoms with Crippen LogP contribution >= 0.6 is 0 Å². The summed E-state index contributed by atoms with van der Waals surface area (Å²) in [6, 6.07) is 5.60. The molecular formula is C16H23NO4. The van der Waals surface area contributed by atoms with E-state index < -0.39 is 0 Å². The molecule has 0 atom stereocenters. The Kier molecular flexibility index (Phi) is 5.07. The number of rotatable bonds is 6. The lowest BCUT2D eigenvalue weighted by atomic mass is 9.82. The van der Waals surface area contributed by atoms with Crippen molar-refractivity contribution >= 4 is 5.91 Å². The topological polar surface area (TPSA) is 59.0 Å². The largest absolute Gasteiger partial charge is 0.493 e. The van der Waals surface area contributed by atoms with Gasteiger partial charge in [0.05, 0.1) is 13.2 Å². The summed E-state index contributed by atoms with van der Waals surface area (Å²) in [5.41, 5.74) is 1.08. The average molecular weight is 293 g/mol. The van der Waals surface area contributed by atoms with Crippen molar-refractivity contribution in [2.45, 2.75) is 25.9 Å². The molecule has 1 aliphatic carbocycles. The summed E-state index contributed by atoms with van der Waals surface area (Å²) in [5.74, 6) is 1.54. The van der Waals surface area contributed by atoms with E-state index in [0.29, 0.717) is 24.0 Å². The summed E-state index contributed by atoms with van der Waals surface area (Å²) in [7, 11) is 3.35. The highest BCUT2D eigenvalue weighted by atomic mass is 16.5. The number of benzene rings is 1. The first-order valence-electron chi connectivity index (χ1n) is 7.19. The highest BCUT2D eigenvalue weighted by Gasteiger charge is 2.29. The van der Waals surface area contributed by atoms with E-state index in [1.165, 1.54) is 0 Å². The van der Waals surface area contributed by atoms with E-state index in [-0.39, 0.29) is 18.6 Å². The quantitative estimate of drug-likeness (QED) is 0.866. The van der Waals surface area contributed by atoms with Crippen molar-refractivity contribution in [2.75, 3.05) is 27.3 Å². The summed E-state index contributed by atoms with van der Waals surface area (Å²) < 4.78 is 10.8. The van der Waals surface area contributed by atoms with Crippen molar-refractivity contribution in [2.24, 2.45) is 5.92 Å². The summed E-state index contributed by atoms with van der Waals surface area (Å²) in [6.07, 6.45) is 1.38. The molecule has 1 saturated carbocycles. The molecular weight excluding hydrogens is 270 g/mol. The first-order valence-corrected chi connectivity index (χ1v) is 7.19. The molecule has 0 spiro atoms. The number of aliphatic hydroxyl groups excluding tert-OH is 1. The van der Waals surface area contributed by atoms with Crippen LogP contribution in [0.2, 0.25) is 0 Å². The van der Waals surface area contributed by atoms with E-state index in [4.69, 9.17) is 9.47 Å². The number of amides is 1. The first-order chi connectivity index (χ1) is 9.99. The first kappa shape index (κ1) is 15.6. The number of carbonyl (C=O) groups is 1. The number of hydrogen-bond acceptors (Lipinski definition) is 4. The second-order valence-corrected chi connectivity index (χ2v) is 5.71. The summed E-state index contributed by atoms with van der Waals surface area (Å²) >= 11 is 0. The van der Waals surface area contributed by atoms with Gasteiger partial charge in [-0.15, -0.1) is 0 Å². The Bertz CT molecular complexity index is 497. The molecule has 5 heteroatoms. The van der Waals surface area contributed by atoms with Crippen LogP contribution in [0.15, 0.2) is 18.2 Å². The van der Waals surface area contributed by atoms with Crippen LogP contribution in [0.1, 0.15) is 18.4 Å². The van der Waals surface area contributed by atoms with E-state index in [9.17, 15) is 9.90 Å². The second kappa shape index (κ2) is 6.80. The lowest BCUT2D eigenvalue weighted by molar-refractivity contribution is -0.133. The minimum Gasteiger partial charge on any atom is -0.493 e. The van der Waals surface area contributed by atoms with Crippen molar-refractivity contribution in [3.05, 3.63) is 23.8 Å². The Hall–Kier alpha value is -1.75. The number of hydrogen-bond donors (Lipinski definition) is 1. The van der Waals surface area contributed by atoms with Crippen molar-refractivity contribution in [1.29, 1.82) is 0 Å². The van der Waals surface area contributed by atoms with Gasteiger partial charge in [-0.05, 0) is 43.4 Å². The van der Waals surface area contributed by atoms with Crippen molar-refractivity contribution in [1.82, 2.24) is 4.90 Å². The smallest absolute Gasteiger partial charge is 0.260 e. The molecule has 0 unspecified atom stereocenters. The number of likely N-dealkylation sites (N-methyl/N-ethyl adjacent to an activating group) is 1. The zero-order valence-electron chi connectivity index (χ0n) is 12.8. The zero-order chi connectivity index (χ0) is 15.4. The number of ether oxygens (including phenoxy) is 2. The fraction of sp³-hybridized carbons (Fsp3) is 0.562.